The van der Waals surface area contributed by atoms with Crippen molar-refractivity contribution in [3.8, 4) is 11.3 Å². The smallest absolute Gasteiger partial charge is 0.319 e. The molecule has 0 radical (unpaired) electrons. The summed E-state index contributed by atoms with van der Waals surface area (Å²) >= 11 is 0. The van der Waals surface area contributed by atoms with Crippen LogP contribution in [0.4, 0.5) is 10.5 Å². The lowest BCUT2D eigenvalue weighted by Gasteiger charge is -2.38. The minimum atomic E-state index is -0.214. The summed E-state index contributed by atoms with van der Waals surface area (Å²) in [5, 5.41) is 14.7. The van der Waals surface area contributed by atoms with Gasteiger partial charge in [-0.1, -0.05) is 36.8 Å². The van der Waals surface area contributed by atoms with Gasteiger partial charge in [0.2, 0.25) is 0 Å². The van der Waals surface area contributed by atoms with Gasteiger partial charge in [-0.2, -0.15) is 5.10 Å². The van der Waals surface area contributed by atoms with E-state index in [1.165, 1.54) is 12.8 Å². The van der Waals surface area contributed by atoms with Crippen LogP contribution in [0.1, 0.15) is 30.9 Å². The van der Waals surface area contributed by atoms with Gasteiger partial charge in [-0.25, -0.2) is 4.79 Å². The molecule has 5 rings (SSSR count). The fraction of sp³-hybridized carbons (Fsp3) is 0.269. The highest BCUT2D eigenvalue weighted by molar-refractivity contribution is 5.98. The number of hydrogen-bond donors (Lipinski definition) is 3. The Morgan fingerprint density at radius 1 is 1.12 bits per heavy atom. The molecule has 2 aromatic heterocycles. The predicted molar refractivity (Wildman–Crippen MR) is 131 cm³/mol. The number of nitrogens with zero attached hydrogens (tertiary/aromatic N) is 3. The number of likely N-dealkylation sites (tertiary alicyclic amines) is 1. The second-order valence-corrected chi connectivity index (χ2v) is 8.60. The molecule has 0 saturated carbocycles. The number of carbonyl (C=O) groups is 1. The number of pyridine rings is 1. The Balaban J connectivity index is 1.38. The number of benzene rings is 2. The van der Waals surface area contributed by atoms with Gasteiger partial charge in [-0.15, -0.1) is 0 Å². The summed E-state index contributed by atoms with van der Waals surface area (Å²) in [5.74, 6) is 0. The number of anilines is 1. The molecule has 3 N–H and O–H groups in total. The van der Waals surface area contributed by atoms with Crippen molar-refractivity contribution in [2.75, 3.05) is 18.9 Å². The fourth-order valence-electron chi connectivity index (χ4n) is 4.71. The van der Waals surface area contributed by atoms with E-state index in [0.29, 0.717) is 0 Å². The molecule has 1 fully saturated rings. The average molecular weight is 441 g/mol. The number of fused-ring (bicyclic) bond motifs is 1. The van der Waals surface area contributed by atoms with Crippen LogP contribution in [0.3, 0.4) is 0 Å². The lowest BCUT2D eigenvalue weighted by atomic mass is 9.91. The molecule has 2 amide bonds. The average Bonchev–Trinajstić information content (AvgIpc) is 3.27. The third kappa shape index (κ3) is 4.59. The van der Waals surface area contributed by atoms with Gasteiger partial charge in [-0.3, -0.25) is 10.1 Å². The van der Waals surface area contributed by atoms with Crippen LogP contribution in [0, 0.1) is 0 Å². The number of amides is 2. The molecular formula is C26H28N6O. The van der Waals surface area contributed by atoms with Crippen molar-refractivity contribution >= 4 is 22.6 Å². The first-order valence-electron chi connectivity index (χ1n) is 11.4. The molecule has 1 saturated heterocycles. The number of urea groups is 1. The second-order valence-electron chi connectivity index (χ2n) is 8.60. The Morgan fingerprint density at radius 2 is 2.00 bits per heavy atom. The van der Waals surface area contributed by atoms with Crippen LogP contribution in [0.25, 0.3) is 22.2 Å². The van der Waals surface area contributed by atoms with Crippen molar-refractivity contribution < 1.29 is 4.79 Å². The number of hydrogen-bond acceptors (Lipinski definition) is 4. The summed E-state index contributed by atoms with van der Waals surface area (Å²) in [5.41, 5.74) is 4.49. The maximum absolute atomic E-state index is 13.1. The summed E-state index contributed by atoms with van der Waals surface area (Å²) < 4.78 is 0. The monoisotopic (exact) mass is 440 g/mol. The number of rotatable bonds is 5. The number of aromatic nitrogens is 3. The van der Waals surface area contributed by atoms with E-state index in [1.807, 2.05) is 48.5 Å². The molecule has 1 unspecified atom stereocenters. The highest BCUT2D eigenvalue weighted by Crippen LogP contribution is 2.29. The van der Waals surface area contributed by atoms with Gasteiger partial charge in [-0.05, 0) is 62.3 Å². The third-order valence-corrected chi connectivity index (χ3v) is 6.41. The summed E-state index contributed by atoms with van der Waals surface area (Å²) in [6.07, 6.45) is 6.96. The minimum Gasteiger partial charge on any atom is -0.329 e. The van der Waals surface area contributed by atoms with Gasteiger partial charge in [0.05, 0.1) is 11.6 Å². The predicted octanol–water partition coefficient (Wildman–Crippen LogP) is 4.97. The van der Waals surface area contributed by atoms with Crippen molar-refractivity contribution in [3.05, 3.63) is 78.6 Å². The Bertz CT molecular complexity index is 1220. The number of aromatic amines is 1. The minimum absolute atomic E-state index is 0.0832. The van der Waals surface area contributed by atoms with E-state index >= 15 is 0 Å². The molecule has 2 atom stereocenters. The largest absolute Gasteiger partial charge is 0.329 e. The van der Waals surface area contributed by atoms with Crippen LogP contribution in [-0.4, -0.2) is 45.7 Å². The highest BCUT2D eigenvalue weighted by atomic mass is 16.2. The quantitative estimate of drug-likeness (QED) is 0.409. The van der Waals surface area contributed by atoms with Gasteiger partial charge < -0.3 is 15.5 Å². The number of nitrogens with one attached hydrogen (secondary N) is 3. The molecule has 33 heavy (non-hydrogen) atoms. The molecule has 4 aromatic rings. The fourth-order valence-corrected chi connectivity index (χ4v) is 4.71. The summed E-state index contributed by atoms with van der Waals surface area (Å²) in [4.78, 5) is 19.7. The molecule has 2 aromatic carbocycles. The van der Waals surface area contributed by atoms with E-state index in [-0.39, 0.29) is 18.1 Å². The maximum Gasteiger partial charge on any atom is 0.319 e. The van der Waals surface area contributed by atoms with Crippen molar-refractivity contribution in [2.45, 2.75) is 31.3 Å². The molecule has 0 spiro atoms. The first-order chi connectivity index (χ1) is 16.2. The molecule has 3 heterocycles. The molecule has 0 aliphatic carbocycles. The van der Waals surface area contributed by atoms with Crippen molar-refractivity contribution in [3.63, 3.8) is 0 Å². The summed E-state index contributed by atoms with van der Waals surface area (Å²) in [6.45, 7) is 1.05. The Hall–Kier alpha value is -3.71. The number of carbonyl (C=O) groups excluding carboxylic acids is 1. The van der Waals surface area contributed by atoms with Gasteiger partial charge >= 0.3 is 6.03 Å². The van der Waals surface area contributed by atoms with E-state index < -0.39 is 0 Å². The Labute approximate surface area is 193 Å². The van der Waals surface area contributed by atoms with E-state index in [4.69, 9.17) is 0 Å². The molecule has 7 nitrogen and oxygen atoms in total. The first-order valence-corrected chi connectivity index (χ1v) is 11.4. The normalized spacial score (nSPS) is 17.5. The van der Waals surface area contributed by atoms with Gasteiger partial charge in [0.1, 0.15) is 5.69 Å². The SMILES string of the molecule is CN1CCCC[C@@H]1C(NC(=O)Nc1ccc2[nH]nc(-c3cccnc3)c2c1)c1ccccc1. The van der Waals surface area contributed by atoms with Crippen molar-refractivity contribution in [1.82, 2.24) is 25.4 Å². The van der Waals surface area contributed by atoms with E-state index in [2.05, 4.69) is 49.9 Å². The number of piperidine rings is 1. The van der Waals surface area contributed by atoms with E-state index in [1.54, 1.807) is 12.4 Å². The van der Waals surface area contributed by atoms with Crippen LogP contribution in [-0.2, 0) is 0 Å². The zero-order valence-electron chi connectivity index (χ0n) is 18.7. The first kappa shape index (κ1) is 21.2. The number of likely N-dealkylation sites (N-methyl/N-ethyl adjacent to an activating group) is 1. The maximum atomic E-state index is 13.1. The molecule has 0 bridgehead atoms. The number of H-pyrrole nitrogens is 1. The van der Waals surface area contributed by atoms with Gasteiger partial charge in [0.25, 0.3) is 0 Å². The van der Waals surface area contributed by atoms with Gasteiger partial charge in [0.15, 0.2) is 0 Å². The Morgan fingerprint density at radius 3 is 2.79 bits per heavy atom. The van der Waals surface area contributed by atoms with Crippen LogP contribution < -0.4 is 10.6 Å². The second kappa shape index (κ2) is 9.42. The Kier molecular flexibility index (Phi) is 6.04. The lowest BCUT2D eigenvalue weighted by Crippen LogP contribution is -2.47. The van der Waals surface area contributed by atoms with Crippen molar-refractivity contribution in [1.29, 1.82) is 0 Å². The zero-order valence-corrected chi connectivity index (χ0v) is 18.7. The van der Waals surface area contributed by atoms with Crippen LogP contribution in [0.5, 0.6) is 0 Å². The summed E-state index contributed by atoms with van der Waals surface area (Å²) in [7, 11) is 2.14. The molecule has 168 valence electrons. The third-order valence-electron chi connectivity index (χ3n) is 6.41. The van der Waals surface area contributed by atoms with Crippen LogP contribution in [0.2, 0.25) is 0 Å². The summed E-state index contributed by atoms with van der Waals surface area (Å²) in [6, 6.07) is 19.8. The molecular weight excluding hydrogens is 412 g/mol. The standard InChI is InChI=1S/C26H28N6O/c1-32-15-6-5-11-23(32)25(18-8-3-2-4-9-18)29-26(33)28-20-12-13-22-21(16-20)24(31-30-22)19-10-7-14-27-17-19/h2-4,7-10,12-14,16-17,23,25H,5-6,11,15H2,1H3,(H,30,31)(H2,28,29,33)/t23-,25?/m1/s1. The topological polar surface area (TPSA) is 85.9 Å². The van der Waals surface area contributed by atoms with E-state index in [9.17, 15) is 4.79 Å². The molecule has 1 aliphatic rings. The van der Waals surface area contributed by atoms with Crippen LogP contribution in [0.15, 0.2) is 73.1 Å². The van der Waals surface area contributed by atoms with Crippen LogP contribution >= 0.6 is 0 Å². The molecule has 7 heteroatoms. The molecule has 1 aliphatic heterocycles. The van der Waals surface area contributed by atoms with Crippen molar-refractivity contribution in [2.24, 2.45) is 0 Å². The highest BCUT2D eigenvalue weighted by Gasteiger charge is 2.30. The van der Waals surface area contributed by atoms with Gasteiger partial charge in [0, 0.05) is 35.1 Å². The van der Waals surface area contributed by atoms with E-state index in [0.717, 1.165) is 46.4 Å². The lowest BCUT2D eigenvalue weighted by molar-refractivity contribution is 0.147. The zero-order chi connectivity index (χ0) is 22.6.